The molecular formula is C13H16BrN. The van der Waals surface area contributed by atoms with Gasteiger partial charge in [0.25, 0.3) is 0 Å². The molecule has 1 aliphatic heterocycles. The van der Waals surface area contributed by atoms with Crippen LogP contribution in [-0.2, 0) is 6.42 Å². The Labute approximate surface area is 99.9 Å². The molecule has 0 atom stereocenters. The quantitative estimate of drug-likeness (QED) is 0.757. The van der Waals surface area contributed by atoms with Crippen LogP contribution in [0, 0.1) is 0 Å². The second-order valence-electron chi connectivity index (χ2n) is 3.91. The van der Waals surface area contributed by atoms with Crippen LogP contribution in [0.4, 0.5) is 5.69 Å². The second kappa shape index (κ2) is 4.40. The SMILES string of the molecule is C=C(CBr)c1ccc2c(c1)CCN2CC. The number of nitrogens with zero attached hydrogens (tertiary/aromatic N) is 1. The minimum Gasteiger partial charge on any atom is -0.371 e. The molecule has 1 heterocycles. The molecule has 1 aromatic carbocycles. The van der Waals surface area contributed by atoms with Gasteiger partial charge in [-0.2, -0.15) is 0 Å². The highest BCUT2D eigenvalue weighted by Gasteiger charge is 2.17. The molecular weight excluding hydrogens is 250 g/mol. The zero-order valence-electron chi connectivity index (χ0n) is 9.09. The van der Waals surface area contributed by atoms with E-state index in [-0.39, 0.29) is 0 Å². The highest BCUT2D eigenvalue weighted by molar-refractivity contribution is 9.09. The number of fused-ring (bicyclic) bond motifs is 1. The fourth-order valence-corrected chi connectivity index (χ4v) is 2.42. The summed E-state index contributed by atoms with van der Waals surface area (Å²) in [5.74, 6) is 0. The Morgan fingerprint density at radius 2 is 2.33 bits per heavy atom. The Bertz CT molecular complexity index is 384. The minimum atomic E-state index is 0.850. The van der Waals surface area contributed by atoms with Crippen LogP contribution >= 0.6 is 15.9 Å². The zero-order valence-corrected chi connectivity index (χ0v) is 10.7. The molecule has 1 nitrogen and oxygen atoms in total. The Morgan fingerprint density at radius 3 is 3.00 bits per heavy atom. The zero-order chi connectivity index (χ0) is 10.8. The summed E-state index contributed by atoms with van der Waals surface area (Å²) in [7, 11) is 0. The van der Waals surface area contributed by atoms with E-state index in [2.05, 4.69) is 52.5 Å². The Balaban J connectivity index is 2.33. The molecule has 1 aliphatic rings. The summed E-state index contributed by atoms with van der Waals surface area (Å²) in [6, 6.07) is 6.69. The van der Waals surface area contributed by atoms with E-state index in [9.17, 15) is 0 Å². The lowest BCUT2D eigenvalue weighted by Crippen LogP contribution is -2.18. The first-order valence-electron chi connectivity index (χ1n) is 5.38. The smallest absolute Gasteiger partial charge is 0.0399 e. The Morgan fingerprint density at radius 1 is 1.53 bits per heavy atom. The maximum absolute atomic E-state index is 4.05. The van der Waals surface area contributed by atoms with E-state index in [1.165, 1.54) is 23.2 Å². The van der Waals surface area contributed by atoms with Crippen molar-refractivity contribution in [2.24, 2.45) is 0 Å². The van der Waals surface area contributed by atoms with E-state index >= 15 is 0 Å². The number of rotatable bonds is 3. The van der Waals surface area contributed by atoms with Crippen LogP contribution in [0.15, 0.2) is 24.8 Å². The predicted molar refractivity (Wildman–Crippen MR) is 70.9 cm³/mol. The maximum Gasteiger partial charge on any atom is 0.0399 e. The van der Waals surface area contributed by atoms with Gasteiger partial charge in [0, 0.05) is 24.1 Å². The Hall–Kier alpha value is -0.760. The molecule has 2 heteroatoms. The first-order chi connectivity index (χ1) is 7.26. The molecule has 0 N–H and O–H groups in total. The van der Waals surface area contributed by atoms with Crippen molar-refractivity contribution in [2.45, 2.75) is 13.3 Å². The van der Waals surface area contributed by atoms with Crippen molar-refractivity contribution >= 4 is 27.2 Å². The number of alkyl halides is 1. The predicted octanol–water partition coefficient (Wildman–Crippen LogP) is 3.48. The summed E-state index contributed by atoms with van der Waals surface area (Å²) in [5.41, 5.74) is 5.30. The molecule has 0 bridgehead atoms. The molecule has 0 amide bonds. The van der Waals surface area contributed by atoms with Gasteiger partial charge in [0.05, 0.1) is 0 Å². The van der Waals surface area contributed by atoms with Crippen molar-refractivity contribution in [2.75, 3.05) is 23.3 Å². The molecule has 0 spiro atoms. The van der Waals surface area contributed by atoms with Crippen molar-refractivity contribution in [3.63, 3.8) is 0 Å². The molecule has 1 aromatic rings. The topological polar surface area (TPSA) is 3.24 Å². The summed E-state index contributed by atoms with van der Waals surface area (Å²) >= 11 is 3.45. The van der Waals surface area contributed by atoms with E-state index < -0.39 is 0 Å². The van der Waals surface area contributed by atoms with Gasteiger partial charge in [-0.1, -0.05) is 28.6 Å². The first kappa shape index (κ1) is 10.7. The van der Waals surface area contributed by atoms with E-state index in [0.717, 1.165) is 24.0 Å². The molecule has 2 rings (SSSR count). The van der Waals surface area contributed by atoms with Crippen LogP contribution in [0.2, 0.25) is 0 Å². The molecule has 15 heavy (non-hydrogen) atoms. The van der Waals surface area contributed by atoms with Crippen LogP contribution in [0.5, 0.6) is 0 Å². The number of likely N-dealkylation sites (N-methyl/N-ethyl adjacent to an activating group) is 1. The van der Waals surface area contributed by atoms with E-state index in [1.54, 1.807) is 0 Å². The number of halogens is 1. The van der Waals surface area contributed by atoms with E-state index in [0.29, 0.717) is 0 Å². The lowest BCUT2D eigenvalue weighted by molar-refractivity contribution is 0.868. The van der Waals surface area contributed by atoms with Crippen molar-refractivity contribution in [3.05, 3.63) is 35.9 Å². The van der Waals surface area contributed by atoms with Gasteiger partial charge >= 0.3 is 0 Å². The van der Waals surface area contributed by atoms with Gasteiger partial charge in [0.2, 0.25) is 0 Å². The molecule has 0 saturated heterocycles. The molecule has 0 saturated carbocycles. The van der Waals surface area contributed by atoms with E-state index in [1.807, 2.05) is 0 Å². The third-order valence-electron chi connectivity index (χ3n) is 3.02. The largest absolute Gasteiger partial charge is 0.371 e. The van der Waals surface area contributed by atoms with Crippen LogP contribution in [0.3, 0.4) is 0 Å². The highest BCUT2D eigenvalue weighted by Crippen LogP contribution is 2.30. The fraction of sp³-hybridized carbons (Fsp3) is 0.385. The van der Waals surface area contributed by atoms with Crippen molar-refractivity contribution in [1.82, 2.24) is 0 Å². The van der Waals surface area contributed by atoms with Gasteiger partial charge in [-0.05, 0) is 42.2 Å². The van der Waals surface area contributed by atoms with Crippen LogP contribution in [0.1, 0.15) is 18.1 Å². The second-order valence-corrected chi connectivity index (χ2v) is 4.47. The minimum absolute atomic E-state index is 0.850. The van der Waals surface area contributed by atoms with Gasteiger partial charge < -0.3 is 4.90 Å². The molecule has 0 aliphatic carbocycles. The average Bonchev–Trinajstić information content (AvgIpc) is 2.69. The van der Waals surface area contributed by atoms with Gasteiger partial charge in [-0.3, -0.25) is 0 Å². The molecule has 0 aromatic heterocycles. The van der Waals surface area contributed by atoms with Crippen molar-refractivity contribution in [3.8, 4) is 0 Å². The number of hydrogen-bond acceptors (Lipinski definition) is 1. The normalized spacial score (nSPS) is 14.1. The maximum atomic E-state index is 4.05. The lowest BCUT2D eigenvalue weighted by Gasteiger charge is -2.16. The summed E-state index contributed by atoms with van der Waals surface area (Å²) in [6.45, 7) is 8.52. The molecule has 0 fully saturated rings. The van der Waals surface area contributed by atoms with Crippen LogP contribution in [-0.4, -0.2) is 18.4 Å². The van der Waals surface area contributed by atoms with Crippen molar-refractivity contribution in [1.29, 1.82) is 0 Å². The van der Waals surface area contributed by atoms with Crippen molar-refractivity contribution < 1.29 is 0 Å². The summed E-state index contributed by atoms with van der Waals surface area (Å²) in [6.07, 6.45) is 1.17. The fourth-order valence-electron chi connectivity index (χ4n) is 2.10. The standard InChI is InChI=1S/C13H16BrN/c1-3-15-7-6-12-8-11(10(2)9-14)4-5-13(12)15/h4-5,8H,2-3,6-7,9H2,1H3. The summed E-state index contributed by atoms with van der Waals surface area (Å²) < 4.78 is 0. The van der Waals surface area contributed by atoms with Crippen LogP contribution in [0.25, 0.3) is 5.57 Å². The van der Waals surface area contributed by atoms with Crippen LogP contribution < -0.4 is 4.90 Å². The highest BCUT2D eigenvalue weighted by atomic mass is 79.9. The third-order valence-corrected chi connectivity index (χ3v) is 3.70. The summed E-state index contributed by atoms with van der Waals surface area (Å²) in [4.78, 5) is 2.43. The molecule has 0 radical (unpaired) electrons. The number of hydrogen-bond donors (Lipinski definition) is 0. The van der Waals surface area contributed by atoms with E-state index in [4.69, 9.17) is 0 Å². The van der Waals surface area contributed by atoms with Gasteiger partial charge in [0.15, 0.2) is 0 Å². The average molecular weight is 266 g/mol. The van der Waals surface area contributed by atoms with Gasteiger partial charge in [-0.15, -0.1) is 0 Å². The molecule has 0 unspecified atom stereocenters. The lowest BCUT2D eigenvalue weighted by atomic mass is 10.0. The number of allylic oxidation sites excluding steroid dienone is 1. The third kappa shape index (κ3) is 1.96. The van der Waals surface area contributed by atoms with Gasteiger partial charge in [0.1, 0.15) is 0 Å². The Kier molecular flexibility index (Phi) is 3.15. The first-order valence-corrected chi connectivity index (χ1v) is 6.50. The summed E-state index contributed by atoms with van der Waals surface area (Å²) in [5, 5.41) is 0.850. The monoisotopic (exact) mass is 265 g/mol. The number of anilines is 1. The van der Waals surface area contributed by atoms with Gasteiger partial charge in [-0.25, -0.2) is 0 Å². The number of benzene rings is 1. The molecule has 80 valence electrons.